The van der Waals surface area contributed by atoms with E-state index in [2.05, 4.69) is 21.2 Å². The summed E-state index contributed by atoms with van der Waals surface area (Å²) in [6.45, 7) is 0. The molecule has 0 radical (unpaired) electrons. The number of nitrogens with one attached hydrogen (secondary N) is 1. The molecule has 224 valence electrons. The van der Waals surface area contributed by atoms with E-state index in [1.165, 1.54) is 6.33 Å². The fourth-order valence-electron chi connectivity index (χ4n) is 5.75. The lowest BCUT2D eigenvalue weighted by molar-refractivity contribution is -0.167. The molecule has 3 N–H and O–H groups in total. The minimum atomic E-state index is -2.68. The number of methoxy groups -OCH3 is 1. The van der Waals surface area contributed by atoms with Crippen LogP contribution in [0.4, 0.5) is 14.6 Å². The number of halogens is 3. The van der Waals surface area contributed by atoms with Crippen molar-refractivity contribution >= 4 is 39.4 Å². The van der Waals surface area contributed by atoms with Crippen LogP contribution in [0.3, 0.4) is 0 Å². The predicted octanol–water partition coefficient (Wildman–Crippen LogP) is 5.34. The van der Waals surface area contributed by atoms with E-state index in [-0.39, 0.29) is 21.3 Å². The van der Waals surface area contributed by atoms with Gasteiger partial charge in [-0.15, -0.1) is 6.42 Å². The minimum absolute atomic E-state index is 0.0339. The van der Waals surface area contributed by atoms with Gasteiger partial charge >= 0.3 is 0 Å². The summed E-state index contributed by atoms with van der Waals surface area (Å²) in [6.07, 6.45) is 4.01. The third-order valence-corrected chi connectivity index (χ3v) is 9.02. The first-order chi connectivity index (χ1) is 21.2. The van der Waals surface area contributed by atoms with E-state index in [1.54, 1.807) is 29.7 Å². The Morgan fingerprint density at radius 3 is 2.18 bits per heavy atom. The molecule has 5 aromatic rings. The SMILES string of the molecule is C#C[C@]1(O)[C@H](n2cc(F)c3c(NC(c4ccccc4)(c4ccccc4)c4ccc(OC)cc4)ncnc32)O[C@](F)(CI)[C@H]1O. The van der Waals surface area contributed by atoms with Crippen LogP contribution in [-0.4, -0.2) is 53.8 Å². The van der Waals surface area contributed by atoms with Crippen LogP contribution >= 0.6 is 22.6 Å². The van der Waals surface area contributed by atoms with Gasteiger partial charge in [-0.3, -0.25) is 4.57 Å². The number of ether oxygens (including phenoxy) is 2. The number of aromatic nitrogens is 3. The van der Waals surface area contributed by atoms with Crippen LogP contribution in [0.2, 0.25) is 0 Å². The maximum absolute atomic E-state index is 16.0. The van der Waals surface area contributed by atoms with Gasteiger partial charge in [0.25, 0.3) is 0 Å². The lowest BCUT2D eigenvalue weighted by Crippen LogP contribution is -2.49. The van der Waals surface area contributed by atoms with Crippen molar-refractivity contribution in [2.75, 3.05) is 16.9 Å². The number of benzene rings is 3. The molecule has 0 unspecified atom stereocenters. The molecular formula is C33H27F2IN4O4. The second kappa shape index (κ2) is 11.4. The highest BCUT2D eigenvalue weighted by Crippen LogP contribution is 2.48. The number of hydrogen-bond acceptors (Lipinski definition) is 7. The Bertz CT molecular complexity index is 1790. The molecule has 3 aromatic carbocycles. The van der Waals surface area contributed by atoms with Crippen molar-refractivity contribution in [2.24, 2.45) is 0 Å². The zero-order valence-corrected chi connectivity index (χ0v) is 25.5. The van der Waals surface area contributed by atoms with Gasteiger partial charge in [-0.05, 0) is 28.8 Å². The van der Waals surface area contributed by atoms with Gasteiger partial charge in [0.15, 0.2) is 23.8 Å². The first kappa shape index (κ1) is 30.0. The van der Waals surface area contributed by atoms with Crippen molar-refractivity contribution < 1.29 is 28.5 Å². The van der Waals surface area contributed by atoms with Crippen LogP contribution < -0.4 is 10.1 Å². The molecule has 1 aliphatic heterocycles. The average Bonchev–Trinajstić information content (AvgIpc) is 3.52. The lowest BCUT2D eigenvalue weighted by atomic mass is 9.77. The summed E-state index contributed by atoms with van der Waals surface area (Å²) in [5.41, 5.74) is -1.19. The smallest absolute Gasteiger partial charge is 0.250 e. The molecule has 0 bridgehead atoms. The van der Waals surface area contributed by atoms with Crippen molar-refractivity contribution in [3.63, 3.8) is 0 Å². The van der Waals surface area contributed by atoms with E-state index in [0.717, 1.165) is 27.5 Å². The number of rotatable bonds is 8. The maximum atomic E-state index is 16.0. The number of nitrogens with zero attached hydrogens (tertiary/aromatic N) is 3. The molecule has 0 spiro atoms. The molecule has 0 saturated carbocycles. The predicted molar refractivity (Wildman–Crippen MR) is 170 cm³/mol. The van der Waals surface area contributed by atoms with E-state index in [0.29, 0.717) is 5.75 Å². The van der Waals surface area contributed by atoms with Gasteiger partial charge in [0.2, 0.25) is 11.5 Å². The van der Waals surface area contributed by atoms with Crippen LogP contribution in [0.15, 0.2) is 97.5 Å². The fourth-order valence-corrected chi connectivity index (χ4v) is 6.35. The third-order valence-electron chi connectivity index (χ3n) is 7.98. The number of fused-ring (bicyclic) bond motifs is 1. The van der Waals surface area contributed by atoms with Gasteiger partial charge in [0, 0.05) is 6.20 Å². The molecule has 0 aliphatic carbocycles. The summed E-state index contributed by atoms with van der Waals surface area (Å²) in [4.78, 5) is 8.72. The number of aliphatic hydroxyl groups is 2. The minimum Gasteiger partial charge on any atom is -0.497 e. The van der Waals surface area contributed by atoms with Crippen molar-refractivity contribution in [3.05, 3.63) is 120 Å². The van der Waals surface area contributed by atoms with E-state index >= 15 is 8.78 Å². The van der Waals surface area contributed by atoms with Gasteiger partial charge in [0.1, 0.15) is 23.4 Å². The second-order valence-electron chi connectivity index (χ2n) is 10.4. The van der Waals surface area contributed by atoms with Gasteiger partial charge in [0.05, 0.1) is 16.9 Å². The Morgan fingerprint density at radius 2 is 1.64 bits per heavy atom. The molecule has 44 heavy (non-hydrogen) atoms. The average molecular weight is 709 g/mol. The molecule has 4 atom stereocenters. The molecule has 2 aromatic heterocycles. The third kappa shape index (κ3) is 4.60. The summed E-state index contributed by atoms with van der Waals surface area (Å²) in [6, 6.07) is 26.8. The Balaban J connectivity index is 1.58. The number of alkyl halides is 2. The monoisotopic (exact) mass is 708 g/mol. The van der Waals surface area contributed by atoms with E-state index in [1.807, 2.05) is 84.9 Å². The molecule has 6 rings (SSSR count). The molecule has 1 aliphatic rings. The van der Waals surface area contributed by atoms with Crippen LogP contribution in [0.25, 0.3) is 11.0 Å². The van der Waals surface area contributed by atoms with Crippen molar-refractivity contribution in [2.45, 2.75) is 29.3 Å². The zero-order valence-electron chi connectivity index (χ0n) is 23.4. The Kier molecular flexibility index (Phi) is 7.79. The Morgan fingerprint density at radius 1 is 1.05 bits per heavy atom. The number of hydrogen-bond donors (Lipinski definition) is 3. The summed E-state index contributed by atoms with van der Waals surface area (Å²) in [5, 5.41) is 25.3. The quantitative estimate of drug-likeness (QED) is 0.0867. The van der Waals surface area contributed by atoms with E-state index in [9.17, 15) is 10.2 Å². The topological polar surface area (TPSA) is 102 Å². The molecule has 1 saturated heterocycles. The van der Waals surface area contributed by atoms with Crippen LogP contribution in [-0.2, 0) is 10.3 Å². The van der Waals surface area contributed by atoms with E-state index < -0.39 is 35.1 Å². The van der Waals surface area contributed by atoms with Crippen molar-refractivity contribution in [1.29, 1.82) is 0 Å². The summed E-state index contributed by atoms with van der Waals surface area (Å²) in [7, 11) is 1.58. The highest BCUT2D eigenvalue weighted by atomic mass is 127. The Hall–Kier alpha value is -4.09. The largest absolute Gasteiger partial charge is 0.497 e. The molecule has 3 heterocycles. The zero-order chi connectivity index (χ0) is 31.1. The first-order valence-corrected chi connectivity index (χ1v) is 15.1. The lowest BCUT2D eigenvalue weighted by Gasteiger charge is -2.37. The summed E-state index contributed by atoms with van der Waals surface area (Å²) < 4.78 is 43.2. The normalized spacial score (nSPS) is 23.4. The van der Waals surface area contributed by atoms with Gasteiger partial charge in [-0.1, -0.05) is 101 Å². The molecular weight excluding hydrogens is 681 g/mol. The van der Waals surface area contributed by atoms with Crippen LogP contribution in [0.5, 0.6) is 5.75 Å². The van der Waals surface area contributed by atoms with Crippen molar-refractivity contribution in [1.82, 2.24) is 14.5 Å². The second-order valence-corrected chi connectivity index (χ2v) is 11.2. The molecule has 11 heteroatoms. The summed E-state index contributed by atoms with van der Waals surface area (Å²) in [5.74, 6) is -0.643. The molecule has 1 fully saturated rings. The highest BCUT2D eigenvalue weighted by Gasteiger charge is 2.64. The summed E-state index contributed by atoms with van der Waals surface area (Å²) >= 11 is 1.68. The number of terminal acetylenes is 1. The van der Waals surface area contributed by atoms with Crippen molar-refractivity contribution in [3.8, 4) is 18.1 Å². The Labute approximate surface area is 265 Å². The first-order valence-electron chi connectivity index (χ1n) is 13.6. The van der Waals surface area contributed by atoms with Gasteiger partial charge in [-0.2, -0.15) is 0 Å². The number of aliphatic hydroxyl groups excluding tert-OH is 1. The van der Waals surface area contributed by atoms with Gasteiger partial charge in [-0.25, -0.2) is 18.7 Å². The maximum Gasteiger partial charge on any atom is 0.250 e. The fraction of sp³-hybridized carbons (Fsp3) is 0.212. The number of anilines is 1. The van der Waals surface area contributed by atoms with Crippen LogP contribution in [0, 0.1) is 18.2 Å². The van der Waals surface area contributed by atoms with Crippen LogP contribution in [0.1, 0.15) is 22.9 Å². The van der Waals surface area contributed by atoms with Gasteiger partial charge < -0.3 is 25.0 Å². The highest BCUT2D eigenvalue weighted by molar-refractivity contribution is 14.1. The molecule has 8 nitrogen and oxygen atoms in total. The standard InChI is InChI=1S/C33H27F2IN4O4/c1-3-31(42)29(41)32(35,19-36)44-30(31)40-18-25(34)26-27(37-20-38-28(26)40)39-33(21-10-6-4-7-11-21,22-12-8-5-9-13-22)23-14-16-24(43-2)17-15-23/h1,4-18,20,29-30,41-42H,19H2,2H3,(H,37,38,39)/t29-,30+,31+,32+/m0/s1. The van der Waals surface area contributed by atoms with E-state index in [4.69, 9.17) is 15.9 Å². The molecule has 0 amide bonds.